The van der Waals surface area contributed by atoms with E-state index in [1.807, 2.05) is 48.5 Å². The number of likely N-dealkylation sites (N-methyl/N-ethyl adjacent to an activating group) is 1. The van der Waals surface area contributed by atoms with Crippen molar-refractivity contribution in [2.24, 2.45) is 0 Å². The maximum absolute atomic E-state index is 12.1. The van der Waals surface area contributed by atoms with Crippen LogP contribution in [0, 0.1) is 6.92 Å². The molecule has 1 amide bonds. The van der Waals surface area contributed by atoms with E-state index < -0.39 is 0 Å². The van der Waals surface area contributed by atoms with Crippen molar-refractivity contribution in [2.45, 2.75) is 26.4 Å². The van der Waals surface area contributed by atoms with Crippen LogP contribution in [0.5, 0.6) is 0 Å². The smallest absolute Gasteiger partial charge is 0.234 e. The molecule has 2 rings (SSSR count). The van der Waals surface area contributed by atoms with Gasteiger partial charge in [0.2, 0.25) is 5.91 Å². The van der Waals surface area contributed by atoms with Crippen molar-refractivity contribution in [3.05, 3.63) is 57.8 Å². The third-order valence-corrected chi connectivity index (χ3v) is 4.52. The lowest BCUT2D eigenvalue weighted by Crippen LogP contribution is -2.36. The van der Waals surface area contributed by atoms with Gasteiger partial charge in [-0.25, -0.2) is 0 Å². The second-order valence-corrected chi connectivity index (χ2v) is 6.38. The van der Waals surface area contributed by atoms with E-state index in [0.717, 1.165) is 6.54 Å². The Morgan fingerprint density at radius 2 is 2.05 bits per heavy atom. The number of hydrogen-bond donors (Lipinski definition) is 1. The highest BCUT2D eigenvalue weighted by Crippen LogP contribution is 2.18. The van der Waals surface area contributed by atoms with Crippen LogP contribution in [0.4, 0.5) is 0 Å². The topological polar surface area (TPSA) is 32.3 Å². The molecular weight excluding hydrogens is 280 g/mol. The number of nitrogens with one attached hydrogen (secondary N) is 1. The number of amides is 1. The molecule has 1 N–H and O–H groups in total. The van der Waals surface area contributed by atoms with Crippen molar-refractivity contribution in [1.29, 1.82) is 0 Å². The van der Waals surface area contributed by atoms with Gasteiger partial charge in [-0.05, 0) is 43.5 Å². The highest BCUT2D eigenvalue weighted by atomic mass is 32.1. The Kier molecular flexibility index (Phi) is 5.53. The molecule has 1 atom stereocenters. The number of rotatable bonds is 6. The van der Waals surface area contributed by atoms with E-state index in [1.165, 1.54) is 16.0 Å². The van der Waals surface area contributed by atoms with E-state index >= 15 is 0 Å². The van der Waals surface area contributed by atoms with Crippen LogP contribution < -0.4 is 5.32 Å². The summed E-state index contributed by atoms with van der Waals surface area (Å²) in [5.41, 5.74) is 2.52. The standard InChI is InChI=1S/C17H22N2OS/c1-13-7-4-5-8-15(13)11-19(3)12-17(20)18-14(2)16-9-6-10-21-16/h4-10,14H,11-12H2,1-3H3,(H,18,20)/t14-/m0/s1. The maximum Gasteiger partial charge on any atom is 0.234 e. The van der Waals surface area contributed by atoms with Crippen molar-refractivity contribution in [3.63, 3.8) is 0 Å². The lowest BCUT2D eigenvalue weighted by atomic mass is 10.1. The minimum Gasteiger partial charge on any atom is -0.348 e. The molecule has 0 unspecified atom stereocenters. The largest absolute Gasteiger partial charge is 0.348 e. The van der Waals surface area contributed by atoms with Crippen LogP contribution in [-0.4, -0.2) is 24.4 Å². The molecule has 0 saturated carbocycles. The number of carbonyl (C=O) groups excluding carboxylic acids is 1. The minimum atomic E-state index is 0.0620. The molecule has 21 heavy (non-hydrogen) atoms. The SMILES string of the molecule is Cc1ccccc1CN(C)CC(=O)N[C@@H](C)c1cccs1. The van der Waals surface area contributed by atoms with E-state index in [4.69, 9.17) is 0 Å². The fourth-order valence-electron chi connectivity index (χ4n) is 2.28. The van der Waals surface area contributed by atoms with Crippen LogP contribution >= 0.6 is 11.3 Å². The van der Waals surface area contributed by atoms with Crippen molar-refractivity contribution in [2.75, 3.05) is 13.6 Å². The molecule has 2 aromatic rings. The minimum absolute atomic E-state index is 0.0620. The van der Waals surface area contributed by atoms with Gasteiger partial charge < -0.3 is 5.32 Å². The van der Waals surface area contributed by atoms with Gasteiger partial charge in [-0.1, -0.05) is 30.3 Å². The summed E-state index contributed by atoms with van der Waals surface area (Å²) >= 11 is 1.67. The van der Waals surface area contributed by atoms with Crippen LogP contribution in [-0.2, 0) is 11.3 Å². The predicted octanol–water partition coefficient (Wildman–Crippen LogP) is 3.37. The van der Waals surface area contributed by atoms with Crippen molar-refractivity contribution < 1.29 is 4.79 Å². The van der Waals surface area contributed by atoms with Crippen LogP contribution in [0.3, 0.4) is 0 Å². The average molecular weight is 302 g/mol. The van der Waals surface area contributed by atoms with E-state index in [1.54, 1.807) is 11.3 Å². The summed E-state index contributed by atoms with van der Waals surface area (Å²) in [5.74, 6) is 0.0620. The summed E-state index contributed by atoms with van der Waals surface area (Å²) in [7, 11) is 1.97. The quantitative estimate of drug-likeness (QED) is 0.887. The molecule has 0 saturated heterocycles. The molecule has 4 heteroatoms. The Morgan fingerprint density at radius 1 is 1.29 bits per heavy atom. The van der Waals surface area contributed by atoms with Gasteiger partial charge >= 0.3 is 0 Å². The molecule has 0 spiro atoms. The number of nitrogens with zero attached hydrogens (tertiary/aromatic N) is 1. The molecule has 0 radical (unpaired) electrons. The zero-order valence-electron chi connectivity index (χ0n) is 12.8. The molecule has 0 aliphatic carbocycles. The average Bonchev–Trinajstić information content (AvgIpc) is 2.95. The van der Waals surface area contributed by atoms with Gasteiger partial charge in [0.05, 0.1) is 12.6 Å². The highest BCUT2D eigenvalue weighted by Gasteiger charge is 2.12. The number of aryl methyl sites for hydroxylation is 1. The van der Waals surface area contributed by atoms with Crippen molar-refractivity contribution >= 4 is 17.2 Å². The summed E-state index contributed by atoms with van der Waals surface area (Å²) in [6.07, 6.45) is 0. The molecular formula is C17H22N2OS. The van der Waals surface area contributed by atoms with E-state index in [9.17, 15) is 4.79 Å². The lowest BCUT2D eigenvalue weighted by molar-refractivity contribution is -0.122. The highest BCUT2D eigenvalue weighted by molar-refractivity contribution is 7.10. The van der Waals surface area contributed by atoms with E-state index in [-0.39, 0.29) is 11.9 Å². The van der Waals surface area contributed by atoms with Crippen LogP contribution in [0.25, 0.3) is 0 Å². The van der Waals surface area contributed by atoms with Gasteiger partial charge in [0.25, 0.3) is 0 Å². The number of thiophene rings is 1. The van der Waals surface area contributed by atoms with Gasteiger partial charge in [0, 0.05) is 11.4 Å². The Hall–Kier alpha value is -1.65. The first-order valence-corrected chi connectivity index (χ1v) is 8.00. The summed E-state index contributed by atoms with van der Waals surface area (Å²) in [6.45, 7) is 5.31. The molecule has 3 nitrogen and oxygen atoms in total. The second-order valence-electron chi connectivity index (χ2n) is 5.40. The van der Waals surface area contributed by atoms with Gasteiger partial charge in [-0.2, -0.15) is 0 Å². The zero-order chi connectivity index (χ0) is 15.2. The molecule has 0 fully saturated rings. The van der Waals surface area contributed by atoms with E-state index in [0.29, 0.717) is 6.54 Å². The van der Waals surface area contributed by atoms with Crippen molar-refractivity contribution in [3.8, 4) is 0 Å². The van der Waals surface area contributed by atoms with Gasteiger partial charge in [0.15, 0.2) is 0 Å². The Morgan fingerprint density at radius 3 is 2.71 bits per heavy atom. The number of benzene rings is 1. The molecule has 1 aromatic heterocycles. The molecule has 1 heterocycles. The summed E-state index contributed by atoms with van der Waals surface area (Å²) in [6, 6.07) is 12.4. The Bertz CT molecular complexity index is 580. The first-order chi connectivity index (χ1) is 10.1. The molecule has 112 valence electrons. The second kappa shape index (κ2) is 7.38. The fourth-order valence-corrected chi connectivity index (χ4v) is 3.01. The monoisotopic (exact) mass is 302 g/mol. The van der Waals surface area contributed by atoms with Gasteiger partial charge in [-0.3, -0.25) is 9.69 Å². The molecule has 0 aliphatic heterocycles. The fraction of sp³-hybridized carbons (Fsp3) is 0.353. The number of hydrogen-bond acceptors (Lipinski definition) is 3. The summed E-state index contributed by atoms with van der Waals surface area (Å²) in [5, 5.41) is 5.07. The first-order valence-electron chi connectivity index (χ1n) is 7.12. The molecule has 0 bridgehead atoms. The van der Waals surface area contributed by atoms with Crippen LogP contribution in [0.15, 0.2) is 41.8 Å². The van der Waals surface area contributed by atoms with Crippen molar-refractivity contribution in [1.82, 2.24) is 10.2 Å². The number of carbonyl (C=O) groups is 1. The predicted molar refractivity (Wildman–Crippen MR) is 88.4 cm³/mol. The third kappa shape index (κ3) is 4.69. The Balaban J connectivity index is 1.83. The summed E-state index contributed by atoms with van der Waals surface area (Å²) < 4.78 is 0. The third-order valence-electron chi connectivity index (χ3n) is 3.46. The van der Waals surface area contributed by atoms with Gasteiger partial charge in [0.1, 0.15) is 0 Å². The maximum atomic E-state index is 12.1. The van der Waals surface area contributed by atoms with Crippen LogP contribution in [0.1, 0.15) is 29.0 Å². The molecule has 0 aliphatic rings. The van der Waals surface area contributed by atoms with Crippen LogP contribution in [0.2, 0.25) is 0 Å². The normalized spacial score (nSPS) is 12.4. The van der Waals surface area contributed by atoms with Gasteiger partial charge in [-0.15, -0.1) is 11.3 Å². The molecule has 1 aromatic carbocycles. The first kappa shape index (κ1) is 15.7. The Labute approximate surface area is 130 Å². The van der Waals surface area contributed by atoms with E-state index in [2.05, 4.69) is 24.4 Å². The lowest BCUT2D eigenvalue weighted by Gasteiger charge is -2.19. The zero-order valence-corrected chi connectivity index (χ0v) is 13.6. The summed E-state index contributed by atoms with van der Waals surface area (Å²) in [4.78, 5) is 15.3.